The summed E-state index contributed by atoms with van der Waals surface area (Å²) in [5.41, 5.74) is 1.13. The zero-order valence-corrected chi connectivity index (χ0v) is 13.6. The van der Waals surface area contributed by atoms with Crippen LogP contribution in [0, 0.1) is 6.92 Å². The molecule has 0 saturated heterocycles. The maximum atomic E-state index is 11.9. The minimum Gasteiger partial charge on any atom is -0.486 e. The van der Waals surface area contributed by atoms with E-state index in [4.69, 9.17) is 13.9 Å². The molecule has 1 aromatic carbocycles. The van der Waals surface area contributed by atoms with Crippen molar-refractivity contribution < 1.29 is 18.7 Å². The molecule has 0 saturated carbocycles. The number of hydrogen-bond acceptors (Lipinski definition) is 4. The van der Waals surface area contributed by atoms with E-state index in [2.05, 4.69) is 5.32 Å². The topological polar surface area (TPSA) is 60.7 Å². The quantitative estimate of drug-likeness (QED) is 0.721. The molecule has 0 aliphatic carbocycles. The summed E-state index contributed by atoms with van der Waals surface area (Å²) in [4.78, 5) is 11.9. The summed E-state index contributed by atoms with van der Waals surface area (Å²) in [6.45, 7) is 6.15. The number of hydrogen-bond donors (Lipinski definition) is 1. The van der Waals surface area contributed by atoms with E-state index >= 15 is 0 Å². The minimum absolute atomic E-state index is 0.219. The highest BCUT2D eigenvalue weighted by Gasteiger charge is 2.11. The van der Waals surface area contributed by atoms with Gasteiger partial charge < -0.3 is 19.2 Å². The molecule has 0 unspecified atom stereocenters. The van der Waals surface area contributed by atoms with Crippen LogP contribution in [-0.2, 0) is 11.3 Å². The number of aryl methyl sites for hydroxylation is 1. The Labute approximate surface area is 136 Å². The van der Waals surface area contributed by atoms with Gasteiger partial charge in [-0.15, -0.1) is 0 Å². The average molecular weight is 317 g/mol. The van der Waals surface area contributed by atoms with Gasteiger partial charge in [0.2, 0.25) is 0 Å². The summed E-state index contributed by atoms with van der Waals surface area (Å²) in [5.74, 6) is 1.47. The number of amides is 1. The lowest BCUT2D eigenvalue weighted by Gasteiger charge is -2.05. The predicted molar refractivity (Wildman–Crippen MR) is 87.7 cm³/mol. The molecule has 5 nitrogen and oxygen atoms in total. The van der Waals surface area contributed by atoms with E-state index in [1.54, 1.807) is 12.1 Å². The van der Waals surface area contributed by atoms with E-state index in [1.165, 1.54) is 0 Å². The summed E-state index contributed by atoms with van der Waals surface area (Å²) >= 11 is 0. The molecule has 5 heteroatoms. The Morgan fingerprint density at radius 2 is 2.13 bits per heavy atom. The summed E-state index contributed by atoms with van der Waals surface area (Å²) in [6.07, 6.45) is 0.781. The van der Waals surface area contributed by atoms with Gasteiger partial charge in [-0.05, 0) is 50.1 Å². The van der Waals surface area contributed by atoms with Gasteiger partial charge in [-0.2, -0.15) is 0 Å². The largest absolute Gasteiger partial charge is 0.486 e. The zero-order chi connectivity index (χ0) is 16.5. The second kappa shape index (κ2) is 9.00. The number of rotatable bonds is 9. The van der Waals surface area contributed by atoms with Crippen LogP contribution in [0.4, 0.5) is 0 Å². The predicted octanol–water partition coefficient (Wildman–Crippen LogP) is 3.32. The van der Waals surface area contributed by atoms with Gasteiger partial charge in [-0.1, -0.05) is 12.1 Å². The van der Waals surface area contributed by atoms with Crippen LogP contribution < -0.4 is 10.1 Å². The van der Waals surface area contributed by atoms with Gasteiger partial charge in [0.25, 0.3) is 5.91 Å². The Bertz CT molecular complexity index is 621. The van der Waals surface area contributed by atoms with Crippen LogP contribution in [0.2, 0.25) is 0 Å². The van der Waals surface area contributed by atoms with Crippen LogP contribution in [0.5, 0.6) is 5.75 Å². The van der Waals surface area contributed by atoms with Crippen LogP contribution in [0.15, 0.2) is 40.8 Å². The van der Waals surface area contributed by atoms with Crippen molar-refractivity contribution in [2.24, 2.45) is 0 Å². The van der Waals surface area contributed by atoms with Crippen molar-refractivity contribution in [1.82, 2.24) is 5.32 Å². The molecule has 0 aliphatic rings. The second-order valence-corrected chi connectivity index (χ2v) is 5.18. The molecule has 0 bridgehead atoms. The number of carbonyl (C=O) groups excluding carboxylic acids is 1. The van der Waals surface area contributed by atoms with Crippen LogP contribution in [0.25, 0.3) is 0 Å². The van der Waals surface area contributed by atoms with Gasteiger partial charge >= 0.3 is 0 Å². The third-order valence-corrected chi connectivity index (χ3v) is 3.21. The third kappa shape index (κ3) is 5.79. The maximum Gasteiger partial charge on any atom is 0.286 e. The van der Waals surface area contributed by atoms with Gasteiger partial charge in [0.15, 0.2) is 5.76 Å². The summed E-state index contributed by atoms with van der Waals surface area (Å²) < 4.78 is 16.4. The highest BCUT2D eigenvalue weighted by atomic mass is 16.5. The molecule has 1 aromatic heterocycles. The standard InChI is InChI=1S/C18H23NO4/c1-3-21-11-5-10-19-18(20)17-9-8-16(23-17)13-22-15-7-4-6-14(2)12-15/h4,6-9,12H,3,5,10-11,13H2,1-2H3,(H,19,20). The number of furan rings is 1. The number of ether oxygens (including phenoxy) is 2. The molecule has 0 spiro atoms. The number of nitrogens with one attached hydrogen (secondary N) is 1. The van der Waals surface area contributed by atoms with Crippen molar-refractivity contribution >= 4 is 5.91 Å². The molecule has 0 atom stereocenters. The van der Waals surface area contributed by atoms with Gasteiger partial charge in [0.05, 0.1) is 0 Å². The van der Waals surface area contributed by atoms with E-state index in [0.717, 1.165) is 17.7 Å². The van der Waals surface area contributed by atoms with Gasteiger partial charge in [0.1, 0.15) is 18.1 Å². The normalized spacial score (nSPS) is 10.5. The van der Waals surface area contributed by atoms with E-state index < -0.39 is 0 Å². The lowest BCUT2D eigenvalue weighted by Crippen LogP contribution is -2.24. The molecular weight excluding hydrogens is 294 g/mol. The maximum absolute atomic E-state index is 11.9. The highest BCUT2D eigenvalue weighted by Crippen LogP contribution is 2.15. The molecular formula is C18H23NO4. The molecule has 124 valence electrons. The van der Waals surface area contributed by atoms with E-state index in [1.807, 2.05) is 38.1 Å². The van der Waals surface area contributed by atoms with Crippen LogP contribution in [0.1, 0.15) is 35.2 Å². The third-order valence-electron chi connectivity index (χ3n) is 3.21. The molecule has 0 aliphatic heterocycles. The first-order valence-electron chi connectivity index (χ1n) is 7.83. The van der Waals surface area contributed by atoms with Crippen molar-refractivity contribution in [3.63, 3.8) is 0 Å². The number of carbonyl (C=O) groups is 1. The Kier molecular flexibility index (Phi) is 6.69. The molecule has 2 rings (SSSR count). The fourth-order valence-electron chi connectivity index (χ4n) is 2.04. The summed E-state index contributed by atoms with van der Waals surface area (Å²) in [6, 6.07) is 11.2. The zero-order valence-electron chi connectivity index (χ0n) is 13.6. The monoisotopic (exact) mass is 317 g/mol. The molecule has 1 heterocycles. The van der Waals surface area contributed by atoms with Crippen molar-refractivity contribution in [1.29, 1.82) is 0 Å². The second-order valence-electron chi connectivity index (χ2n) is 5.18. The Balaban J connectivity index is 1.77. The molecule has 2 aromatic rings. The van der Waals surface area contributed by atoms with E-state index in [0.29, 0.717) is 37.9 Å². The fourth-order valence-corrected chi connectivity index (χ4v) is 2.04. The van der Waals surface area contributed by atoms with Gasteiger partial charge in [-0.3, -0.25) is 4.79 Å². The molecule has 0 fully saturated rings. The lowest BCUT2D eigenvalue weighted by molar-refractivity contribution is 0.0913. The Morgan fingerprint density at radius 3 is 2.91 bits per heavy atom. The Morgan fingerprint density at radius 1 is 1.26 bits per heavy atom. The van der Waals surface area contributed by atoms with E-state index in [-0.39, 0.29) is 5.91 Å². The van der Waals surface area contributed by atoms with Crippen LogP contribution in [0.3, 0.4) is 0 Å². The van der Waals surface area contributed by atoms with Crippen molar-refractivity contribution in [3.05, 3.63) is 53.5 Å². The molecule has 1 amide bonds. The molecule has 1 N–H and O–H groups in total. The first-order valence-corrected chi connectivity index (χ1v) is 7.83. The minimum atomic E-state index is -0.219. The summed E-state index contributed by atoms with van der Waals surface area (Å²) in [5, 5.41) is 2.80. The van der Waals surface area contributed by atoms with E-state index in [9.17, 15) is 4.79 Å². The Hall–Kier alpha value is -2.27. The lowest BCUT2D eigenvalue weighted by atomic mass is 10.2. The van der Waals surface area contributed by atoms with Crippen molar-refractivity contribution in [2.45, 2.75) is 26.9 Å². The van der Waals surface area contributed by atoms with Crippen LogP contribution in [-0.4, -0.2) is 25.7 Å². The first-order chi connectivity index (χ1) is 11.2. The van der Waals surface area contributed by atoms with Crippen molar-refractivity contribution in [2.75, 3.05) is 19.8 Å². The smallest absolute Gasteiger partial charge is 0.286 e. The van der Waals surface area contributed by atoms with Gasteiger partial charge in [0, 0.05) is 19.8 Å². The molecule has 23 heavy (non-hydrogen) atoms. The SMILES string of the molecule is CCOCCCNC(=O)c1ccc(COc2cccc(C)c2)o1. The van der Waals surface area contributed by atoms with Crippen molar-refractivity contribution in [3.8, 4) is 5.75 Å². The summed E-state index contributed by atoms with van der Waals surface area (Å²) in [7, 11) is 0. The van der Waals surface area contributed by atoms with Gasteiger partial charge in [-0.25, -0.2) is 0 Å². The van der Waals surface area contributed by atoms with Crippen LogP contribution >= 0.6 is 0 Å². The number of benzene rings is 1. The highest BCUT2D eigenvalue weighted by molar-refractivity contribution is 5.91. The first kappa shape index (κ1) is 17.1. The fraction of sp³-hybridized carbons (Fsp3) is 0.389. The average Bonchev–Trinajstić information content (AvgIpc) is 3.02. The molecule has 0 radical (unpaired) electrons.